The van der Waals surface area contributed by atoms with E-state index in [-0.39, 0.29) is 12.6 Å². The Bertz CT molecular complexity index is 243. The van der Waals surface area contributed by atoms with Gasteiger partial charge in [-0.05, 0) is 6.42 Å². The molecule has 0 aliphatic rings. The maximum Gasteiger partial charge on any atom is 0.122 e. The number of hydrogen-bond donors (Lipinski definition) is 2. The number of aliphatic hydroxyl groups is 1. The first-order chi connectivity index (χ1) is 6.27. The second-order valence-corrected chi connectivity index (χ2v) is 3.12. The van der Waals surface area contributed by atoms with Gasteiger partial charge in [-0.15, -0.1) is 0 Å². The van der Waals surface area contributed by atoms with Gasteiger partial charge in [0.1, 0.15) is 5.82 Å². The van der Waals surface area contributed by atoms with E-state index in [4.69, 9.17) is 5.11 Å². The number of aromatic nitrogens is 2. The zero-order valence-corrected chi connectivity index (χ0v) is 8.20. The van der Waals surface area contributed by atoms with Crippen LogP contribution in [-0.2, 0) is 13.6 Å². The van der Waals surface area contributed by atoms with Crippen molar-refractivity contribution in [1.29, 1.82) is 0 Å². The van der Waals surface area contributed by atoms with Crippen LogP contribution in [-0.4, -0.2) is 27.3 Å². The van der Waals surface area contributed by atoms with Crippen LogP contribution >= 0.6 is 0 Å². The van der Waals surface area contributed by atoms with Gasteiger partial charge in [0.05, 0.1) is 13.2 Å². The molecule has 0 unspecified atom stereocenters. The number of aryl methyl sites for hydroxylation is 1. The summed E-state index contributed by atoms with van der Waals surface area (Å²) in [7, 11) is 1.96. The van der Waals surface area contributed by atoms with Crippen LogP contribution in [0.4, 0.5) is 0 Å². The Kier molecular flexibility index (Phi) is 3.92. The molecule has 0 radical (unpaired) electrons. The second kappa shape index (κ2) is 4.99. The van der Waals surface area contributed by atoms with Gasteiger partial charge in [0.15, 0.2) is 0 Å². The summed E-state index contributed by atoms with van der Waals surface area (Å²) in [4.78, 5) is 4.18. The van der Waals surface area contributed by atoms with Crippen molar-refractivity contribution in [2.45, 2.75) is 25.9 Å². The molecule has 1 heterocycles. The molecular weight excluding hydrogens is 166 g/mol. The summed E-state index contributed by atoms with van der Waals surface area (Å²) >= 11 is 0. The minimum atomic E-state index is 0.177. The standard InChI is InChI=1S/C9H17N3O/c1-3-8(7-13)11-6-9-10-4-5-12(9)2/h4-5,8,11,13H,3,6-7H2,1-2H3/t8-/m1/s1. The lowest BCUT2D eigenvalue weighted by Gasteiger charge is -2.13. The minimum absolute atomic E-state index is 0.177. The van der Waals surface area contributed by atoms with E-state index in [0.29, 0.717) is 6.54 Å². The van der Waals surface area contributed by atoms with Gasteiger partial charge in [0, 0.05) is 25.5 Å². The van der Waals surface area contributed by atoms with E-state index in [9.17, 15) is 0 Å². The smallest absolute Gasteiger partial charge is 0.122 e. The predicted molar refractivity (Wildman–Crippen MR) is 51.2 cm³/mol. The largest absolute Gasteiger partial charge is 0.395 e. The van der Waals surface area contributed by atoms with Crippen molar-refractivity contribution in [3.05, 3.63) is 18.2 Å². The van der Waals surface area contributed by atoms with Crippen molar-refractivity contribution >= 4 is 0 Å². The SMILES string of the molecule is CC[C@H](CO)NCc1nccn1C. The van der Waals surface area contributed by atoms with E-state index in [1.54, 1.807) is 6.20 Å². The highest BCUT2D eigenvalue weighted by molar-refractivity contribution is 4.90. The zero-order chi connectivity index (χ0) is 9.68. The van der Waals surface area contributed by atoms with Crippen LogP contribution in [0.25, 0.3) is 0 Å². The molecule has 0 aliphatic carbocycles. The summed E-state index contributed by atoms with van der Waals surface area (Å²) in [5, 5.41) is 12.2. The Labute approximate surface area is 78.6 Å². The molecule has 0 saturated heterocycles. The number of hydrogen-bond acceptors (Lipinski definition) is 3. The Morgan fingerprint density at radius 3 is 2.92 bits per heavy atom. The van der Waals surface area contributed by atoms with Crippen LogP contribution in [0.5, 0.6) is 0 Å². The van der Waals surface area contributed by atoms with Crippen molar-refractivity contribution in [3.8, 4) is 0 Å². The number of rotatable bonds is 5. The zero-order valence-electron chi connectivity index (χ0n) is 8.20. The van der Waals surface area contributed by atoms with Gasteiger partial charge in [-0.25, -0.2) is 4.98 Å². The molecule has 0 fully saturated rings. The normalized spacial score (nSPS) is 13.2. The van der Waals surface area contributed by atoms with E-state index in [1.165, 1.54) is 0 Å². The topological polar surface area (TPSA) is 50.1 Å². The summed E-state index contributed by atoms with van der Waals surface area (Å²) in [5.41, 5.74) is 0. The van der Waals surface area contributed by atoms with Crippen LogP contribution in [0.1, 0.15) is 19.2 Å². The molecule has 1 atom stereocenters. The van der Waals surface area contributed by atoms with Gasteiger partial charge in [-0.2, -0.15) is 0 Å². The lowest BCUT2D eigenvalue weighted by molar-refractivity contribution is 0.237. The Morgan fingerprint density at radius 2 is 2.46 bits per heavy atom. The van der Waals surface area contributed by atoms with Crippen LogP contribution in [0.2, 0.25) is 0 Å². The van der Waals surface area contributed by atoms with E-state index < -0.39 is 0 Å². The molecule has 0 amide bonds. The first-order valence-electron chi connectivity index (χ1n) is 4.58. The maximum absolute atomic E-state index is 8.93. The van der Waals surface area contributed by atoms with E-state index in [2.05, 4.69) is 10.3 Å². The number of aliphatic hydroxyl groups excluding tert-OH is 1. The Morgan fingerprint density at radius 1 is 1.69 bits per heavy atom. The summed E-state index contributed by atoms with van der Waals surface area (Å²) < 4.78 is 1.97. The molecule has 0 aliphatic heterocycles. The molecule has 0 bridgehead atoms. The third kappa shape index (κ3) is 2.82. The highest BCUT2D eigenvalue weighted by atomic mass is 16.3. The molecular formula is C9H17N3O. The van der Waals surface area contributed by atoms with Crippen molar-refractivity contribution in [2.24, 2.45) is 7.05 Å². The van der Waals surface area contributed by atoms with Crippen LogP contribution in [0.15, 0.2) is 12.4 Å². The molecule has 0 aromatic carbocycles. The molecule has 1 aromatic heterocycles. The lowest BCUT2D eigenvalue weighted by Crippen LogP contribution is -2.32. The summed E-state index contributed by atoms with van der Waals surface area (Å²) in [6, 6.07) is 0.177. The highest BCUT2D eigenvalue weighted by Gasteiger charge is 2.04. The third-order valence-corrected chi connectivity index (χ3v) is 2.18. The molecule has 0 spiro atoms. The fraction of sp³-hybridized carbons (Fsp3) is 0.667. The first-order valence-corrected chi connectivity index (χ1v) is 4.58. The van der Waals surface area contributed by atoms with E-state index in [1.807, 2.05) is 24.7 Å². The minimum Gasteiger partial charge on any atom is -0.395 e. The average Bonchev–Trinajstić information content (AvgIpc) is 2.54. The maximum atomic E-state index is 8.93. The molecule has 4 nitrogen and oxygen atoms in total. The predicted octanol–water partition coefficient (Wildman–Crippen LogP) is 0.281. The van der Waals surface area contributed by atoms with Crippen molar-refractivity contribution in [1.82, 2.24) is 14.9 Å². The third-order valence-electron chi connectivity index (χ3n) is 2.18. The average molecular weight is 183 g/mol. The Hall–Kier alpha value is -0.870. The Balaban J connectivity index is 2.38. The van der Waals surface area contributed by atoms with E-state index >= 15 is 0 Å². The molecule has 74 valence electrons. The van der Waals surface area contributed by atoms with Gasteiger partial charge < -0.3 is 15.0 Å². The van der Waals surface area contributed by atoms with Gasteiger partial charge in [-0.1, -0.05) is 6.92 Å². The van der Waals surface area contributed by atoms with Gasteiger partial charge in [-0.3, -0.25) is 0 Å². The lowest BCUT2D eigenvalue weighted by atomic mass is 10.2. The molecule has 4 heteroatoms. The summed E-state index contributed by atoms with van der Waals surface area (Å²) in [5.74, 6) is 0.993. The van der Waals surface area contributed by atoms with E-state index in [0.717, 1.165) is 12.2 Å². The highest BCUT2D eigenvalue weighted by Crippen LogP contribution is 1.96. The van der Waals surface area contributed by atoms with Crippen molar-refractivity contribution < 1.29 is 5.11 Å². The summed E-state index contributed by atoms with van der Waals surface area (Å²) in [6.07, 6.45) is 4.62. The molecule has 2 N–H and O–H groups in total. The number of nitrogens with one attached hydrogen (secondary N) is 1. The van der Waals surface area contributed by atoms with Crippen molar-refractivity contribution in [2.75, 3.05) is 6.61 Å². The fourth-order valence-corrected chi connectivity index (χ4v) is 1.14. The first kappa shape index (κ1) is 10.2. The monoisotopic (exact) mass is 183 g/mol. The second-order valence-electron chi connectivity index (χ2n) is 3.12. The van der Waals surface area contributed by atoms with Crippen LogP contribution in [0, 0.1) is 0 Å². The van der Waals surface area contributed by atoms with Crippen LogP contribution in [0.3, 0.4) is 0 Å². The van der Waals surface area contributed by atoms with Gasteiger partial charge in [0.2, 0.25) is 0 Å². The number of nitrogens with zero attached hydrogens (tertiary/aromatic N) is 2. The van der Waals surface area contributed by atoms with Crippen LogP contribution < -0.4 is 5.32 Å². The molecule has 1 aromatic rings. The number of imidazole rings is 1. The molecule has 0 saturated carbocycles. The molecule has 1 rings (SSSR count). The van der Waals surface area contributed by atoms with Gasteiger partial charge in [0.25, 0.3) is 0 Å². The fourth-order valence-electron chi connectivity index (χ4n) is 1.14. The van der Waals surface area contributed by atoms with Gasteiger partial charge >= 0.3 is 0 Å². The van der Waals surface area contributed by atoms with Crippen molar-refractivity contribution in [3.63, 3.8) is 0 Å². The summed E-state index contributed by atoms with van der Waals surface area (Å²) in [6.45, 7) is 2.94. The quantitative estimate of drug-likeness (QED) is 0.689. The molecule has 13 heavy (non-hydrogen) atoms.